The number of para-hydroxylation sites is 1. The summed E-state index contributed by atoms with van der Waals surface area (Å²) in [7, 11) is 0. The van der Waals surface area contributed by atoms with Crippen LogP contribution in [0, 0.1) is 15.9 Å². The van der Waals surface area contributed by atoms with Crippen LogP contribution in [0.4, 0.5) is 40.6 Å². The lowest BCUT2D eigenvalue weighted by atomic mass is 10.1. The first kappa shape index (κ1) is 20.0. The van der Waals surface area contributed by atoms with E-state index >= 15 is 0 Å². The molecule has 0 aliphatic rings. The average molecular weight is 407 g/mol. The van der Waals surface area contributed by atoms with Crippen LogP contribution in [0.2, 0.25) is 0 Å². The highest BCUT2D eigenvalue weighted by atomic mass is 19.4. The summed E-state index contributed by atoms with van der Waals surface area (Å²) >= 11 is 0. The van der Waals surface area contributed by atoms with E-state index in [4.69, 9.17) is 0 Å². The lowest BCUT2D eigenvalue weighted by molar-refractivity contribution is -0.383. The maximum Gasteiger partial charge on any atom is 0.418 e. The molecule has 0 amide bonds. The molecule has 1 aromatic heterocycles. The quantitative estimate of drug-likeness (QED) is 0.343. The molecule has 0 unspecified atom stereocenters. The molecule has 0 aliphatic heterocycles. The minimum absolute atomic E-state index is 0.0801. The molecule has 0 fully saturated rings. The maximum absolute atomic E-state index is 13.2. The Morgan fingerprint density at radius 2 is 1.66 bits per heavy atom. The van der Waals surface area contributed by atoms with Crippen molar-refractivity contribution in [2.24, 2.45) is 0 Å². The Labute approximate surface area is 161 Å². The van der Waals surface area contributed by atoms with E-state index in [1.54, 1.807) is 0 Å². The van der Waals surface area contributed by atoms with Crippen LogP contribution in [0.3, 0.4) is 0 Å². The zero-order chi connectivity index (χ0) is 21.0. The van der Waals surface area contributed by atoms with Crippen molar-refractivity contribution in [3.63, 3.8) is 0 Å². The number of alkyl halides is 3. The van der Waals surface area contributed by atoms with Gasteiger partial charge in [0.25, 0.3) is 0 Å². The molecule has 3 aromatic rings. The summed E-state index contributed by atoms with van der Waals surface area (Å²) < 4.78 is 52.5. The Balaban J connectivity index is 1.92. The third-order valence-electron chi connectivity index (χ3n) is 3.86. The van der Waals surface area contributed by atoms with Gasteiger partial charge in [-0.15, -0.1) is 0 Å². The summed E-state index contributed by atoms with van der Waals surface area (Å²) in [6.07, 6.45) is -3.67. The predicted octanol–water partition coefficient (Wildman–Crippen LogP) is 4.90. The number of hydrogen-bond donors (Lipinski definition) is 2. The number of nitrogens with zero attached hydrogens (tertiary/aromatic N) is 3. The maximum atomic E-state index is 13.2. The average Bonchev–Trinajstić information content (AvgIpc) is 2.67. The van der Waals surface area contributed by atoms with E-state index < -0.39 is 34.0 Å². The van der Waals surface area contributed by atoms with Crippen LogP contribution in [0.15, 0.2) is 54.9 Å². The Morgan fingerprint density at radius 3 is 2.31 bits per heavy atom. The molecular weight excluding hydrogens is 394 g/mol. The van der Waals surface area contributed by atoms with E-state index in [2.05, 4.69) is 20.6 Å². The summed E-state index contributed by atoms with van der Waals surface area (Å²) in [6.45, 7) is 0.0801. The van der Waals surface area contributed by atoms with Gasteiger partial charge >= 0.3 is 11.9 Å². The number of nitro groups is 1. The van der Waals surface area contributed by atoms with E-state index in [-0.39, 0.29) is 18.1 Å². The van der Waals surface area contributed by atoms with Crippen molar-refractivity contribution in [2.75, 3.05) is 10.6 Å². The summed E-state index contributed by atoms with van der Waals surface area (Å²) in [5.74, 6) is -1.03. The zero-order valence-electron chi connectivity index (χ0n) is 14.6. The van der Waals surface area contributed by atoms with Crippen molar-refractivity contribution in [3.8, 4) is 0 Å². The van der Waals surface area contributed by atoms with Crippen molar-refractivity contribution in [1.82, 2.24) is 9.97 Å². The SMILES string of the molecule is O=[N+]([O-])c1c(NCc2ccc(F)cc2)ncnc1Nc1ccccc1C(F)(F)F. The van der Waals surface area contributed by atoms with Gasteiger partial charge in [0.05, 0.1) is 16.2 Å². The van der Waals surface area contributed by atoms with E-state index in [0.717, 1.165) is 18.5 Å². The molecule has 2 N–H and O–H groups in total. The van der Waals surface area contributed by atoms with Gasteiger partial charge < -0.3 is 10.6 Å². The monoisotopic (exact) mass is 407 g/mol. The second kappa shape index (κ2) is 8.09. The smallest absolute Gasteiger partial charge is 0.360 e. The van der Waals surface area contributed by atoms with E-state index in [0.29, 0.717) is 5.56 Å². The fourth-order valence-electron chi connectivity index (χ4n) is 2.53. The van der Waals surface area contributed by atoms with Crippen LogP contribution in [0.5, 0.6) is 0 Å². The molecule has 29 heavy (non-hydrogen) atoms. The van der Waals surface area contributed by atoms with E-state index in [9.17, 15) is 27.7 Å². The van der Waals surface area contributed by atoms with E-state index in [1.165, 1.54) is 36.4 Å². The third kappa shape index (κ3) is 4.75. The zero-order valence-corrected chi connectivity index (χ0v) is 14.6. The molecule has 150 valence electrons. The van der Waals surface area contributed by atoms with Gasteiger partial charge in [0.15, 0.2) is 0 Å². The van der Waals surface area contributed by atoms with Crippen LogP contribution in [-0.4, -0.2) is 14.9 Å². The molecular formula is C18H13F4N5O2. The van der Waals surface area contributed by atoms with Gasteiger partial charge in [-0.05, 0) is 29.8 Å². The van der Waals surface area contributed by atoms with Crippen molar-refractivity contribution in [3.05, 3.63) is 81.9 Å². The molecule has 0 saturated carbocycles. The summed E-state index contributed by atoms with van der Waals surface area (Å²) in [6, 6.07) is 9.97. The van der Waals surface area contributed by atoms with Crippen LogP contribution >= 0.6 is 0 Å². The molecule has 1 heterocycles. The highest BCUT2D eigenvalue weighted by Crippen LogP contribution is 2.38. The number of anilines is 3. The molecule has 11 heteroatoms. The van der Waals surface area contributed by atoms with Crippen LogP contribution in [-0.2, 0) is 12.7 Å². The first-order valence-corrected chi connectivity index (χ1v) is 8.16. The minimum Gasteiger partial charge on any atom is -0.360 e. The Morgan fingerprint density at radius 1 is 1.00 bits per heavy atom. The Bertz CT molecular complexity index is 1030. The normalized spacial score (nSPS) is 11.2. The molecule has 0 radical (unpaired) electrons. The lowest BCUT2D eigenvalue weighted by Crippen LogP contribution is -2.11. The number of benzene rings is 2. The fraction of sp³-hybridized carbons (Fsp3) is 0.111. The van der Waals surface area contributed by atoms with Gasteiger partial charge in [0.1, 0.15) is 12.1 Å². The van der Waals surface area contributed by atoms with Gasteiger partial charge in [-0.1, -0.05) is 24.3 Å². The highest BCUT2D eigenvalue weighted by molar-refractivity contribution is 5.75. The second-order valence-corrected chi connectivity index (χ2v) is 5.82. The summed E-state index contributed by atoms with van der Waals surface area (Å²) in [4.78, 5) is 18.3. The van der Waals surface area contributed by atoms with Crippen molar-refractivity contribution < 1.29 is 22.5 Å². The lowest BCUT2D eigenvalue weighted by Gasteiger charge is -2.14. The van der Waals surface area contributed by atoms with Crippen molar-refractivity contribution in [1.29, 1.82) is 0 Å². The molecule has 0 atom stereocenters. The number of aromatic nitrogens is 2. The van der Waals surface area contributed by atoms with Crippen molar-refractivity contribution >= 4 is 23.0 Å². The second-order valence-electron chi connectivity index (χ2n) is 5.82. The van der Waals surface area contributed by atoms with Crippen LogP contribution < -0.4 is 10.6 Å². The number of halogens is 4. The molecule has 0 saturated heterocycles. The standard InChI is InChI=1S/C18H13F4N5O2/c19-12-7-5-11(6-8-12)9-23-16-15(27(28)29)17(25-10-24-16)26-14-4-2-1-3-13(14)18(20,21)22/h1-8,10H,9H2,(H2,23,24,25,26). The fourth-order valence-corrected chi connectivity index (χ4v) is 2.53. The van der Waals surface area contributed by atoms with Crippen LogP contribution in [0.25, 0.3) is 0 Å². The Kier molecular flexibility index (Phi) is 5.57. The van der Waals surface area contributed by atoms with Crippen LogP contribution in [0.1, 0.15) is 11.1 Å². The van der Waals surface area contributed by atoms with Gasteiger partial charge in [-0.3, -0.25) is 10.1 Å². The molecule has 2 aromatic carbocycles. The molecule has 0 bridgehead atoms. The number of rotatable bonds is 6. The number of hydrogen-bond acceptors (Lipinski definition) is 6. The molecule has 3 rings (SSSR count). The summed E-state index contributed by atoms with van der Waals surface area (Å²) in [5.41, 5.74) is -1.37. The topological polar surface area (TPSA) is 93.0 Å². The minimum atomic E-state index is -4.66. The van der Waals surface area contributed by atoms with Gasteiger partial charge in [0.2, 0.25) is 11.6 Å². The first-order chi connectivity index (χ1) is 13.8. The third-order valence-corrected chi connectivity index (χ3v) is 3.86. The molecule has 7 nitrogen and oxygen atoms in total. The predicted molar refractivity (Wildman–Crippen MR) is 97.1 cm³/mol. The highest BCUT2D eigenvalue weighted by Gasteiger charge is 2.34. The first-order valence-electron chi connectivity index (χ1n) is 8.16. The van der Waals surface area contributed by atoms with Gasteiger partial charge in [-0.25, -0.2) is 14.4 Å². The van der Waals surface area contributed by atoms with Gasteiger partial charge in [-0.2, -0.15) is 13.2 Å². The summed E-state index contributed by atoms with van der Waals surface area (Å²) in [5, 5.41) is 16.6. The largest absolute Gasteiger partial charge is 0.418 e. The van der Waals surface area contributed by atoms with Gasteiger partial charge in [0, 0.05) is 6.54 Å². The van der Waals surface area contributed by atoms with Crippen molar-refractivity contribution in [2.45, 2.75) is 12.7 Å². The number of nitrogens with one attached hydrogen (secondary N) is 2. The van der Waals surface area contributed by atoms with E-state index in [1.807, 2.05) is 0 Å². The molecule has 0 spiro atoms. The molecule has 0 aliphatic carbocycles. The Hall–Kier alpha value is -3.76.